The number of ether oxygens (including phenoxy) is 1. The molecule has 0 bridgehead atoms. The highest BCUT2D eigenvalue weighted by Crippen LogP contribution is 2.25. The predicted molar refractivity (Wildman–Crippen MR) is 54.3 cm³/mol. The molecule has 8 heteroatoms. The molecule has 0 aliphatic carbocycles. The molecule has 0 aromatic carbocycles. The third kappa shape index (κ3) is 2.70. The summed E-state index contributed by atoms with van der Waals surface area (Å²) in [7, 11) is 2.05. The van der Waals surface area contributed by atoms with Gasteiger partial charge in [0.05, 0.1) is 6.61 Å². The van der Waals surface area contributed by atoms with Crippen LogP contribution in [0.5, 0.6) is 0 Å². The van der Waals surface area contributed by atoms with E-state index in [4.69, 9.17) is 13.4 Å². The second-order valence-electron chi connectivity index (χ2n) is 2.55. The Morgan fingerprint density at radius 1 is 1.31 bits per heavy atom. The molecule has 5 atom stereocenters. The number of thiol groups is 2. The van der Waals surface area contributed by atoms with Gasteiger partial charge in [-0.05, 0) is 25.8 Å². The molecule has 1 aliphatic heterocycles. The maximum absolute atomic E-state index is 9.43. The fraction of sp³-hybridized carbons (Fsp3) is 1.00. The van der Waals surface area contributed by atoms with Gasteiger partial charge in [-0.1, -0.05) is 0 Å². The van der Waals surface area contributed by atoms with Crippen LogP contribution in [-0.2, 0) is 17.6 Å². The summed E-state index contributed by atoms with van der Waals surface area (Å²) in [6, 6.07) is 0. The van der Waals surface area contributed by atoms with E-state index < -0.39 is 24.6 Å². The molecule has 0 radical (unpaired) electrons. The first-order valence-electron chi connectivity index (χ1n) is 3.50. The van der Waals surface area contributed by atoms with Crippen molar-refractivity contribution in [1.82, 2.24) is 0 Å². The molecule has 0 saturated carbocycles. The highest BCUT2D eigenvalue weighted by molar-refractivity contribution is 7.75. The molecule has 1 heterocycles. The second-order valence-corrected chi connectivity index (χ2v) is 3.24. The molecular weight excluding hydrogens is 235 g/mol. The zero-order valence-electron chi connectivity index (χ0n) is 6.57. The summed E-state index contributed by atoms with van der Waals surface area (Å²) in [4.78, 5) is 0. The monoisotopic (exact) mass is 246 g/mol. The molecule has 0 aromatic rings. The van der Waals surface area contributed by atoms with Crippen molar-refractivity contribution in [3.63, 3.8) is 0 Å². The van der Waals surface area contributed by atoms with E-state index in [-0.39, 0.29) is 6.61 Å². The molecule has 1 rings (SSSR count). The molecule has 78 valence electrons. The summed E-state index contributed by atoms with van der Waals surface area (Å²) >= 11 is 7.24. The third-order valence-electron chi connectivity index (χ3n) is 1.79. The van der Waals surface area contributed by atoms with Crippen molar-refractivity contribution in [3.8, 4) is 0 Å². The lowest BCUT2D eigenvalue weighted by Crippen LogP contribution is -2.53. The molecule has 0 spiro atoms. The van der Waals surface area contributed by atoms with Crippen molar-refractivity contribution in [2.24, 2.45) is 0 Å². The van der Waals surface area contributed by atoms with Gasteiger partial charge in [-0.2, -0.15) is 0 Å². The lowest BCUT2D eigenvalue weighted by atomic mass is 10.1. The van der Waals surface area contributed by atoms with E-state index in [2.05, 4.69) is 39.5 Å². The molecule has 1 saturated heterocycles. The SMILES string of the molecule is O[C@@H]1COC(OS)[C@@H](OS)[C@@H]1OP. The van der Waals surface area contributed by atoms with Gasteiger partial charge in [0.15, 0.2) is 12.4 Å². The van der Waals surface area contributed by atoms with E-state index in [1.54, 1.807) is 0 Å². The van der Waals surface area contributed by atoms with Crippen molar-refractivity contribution >= 4 is 35.3 Å². The average molecular weight is 246 g/mol. The number of aliphatic hydroxyl groups excluding tert-OH is 1. The molecule has 0 amide bonds. The second kappa shape index (κ2) is 5.72. The zero-order chi connectivity index (χ0) is 9.84. The van der Waals surface area contributed by atoms with Gasteiger partial charge in [0.2, 0.25) is 0 Å². The van der Waals surface area contributed by atoms with Crippen molar-refractivity contribution < 1.29 is 22.7 Å². The van der Waals surface area contributed by atoms with Crippen LogP contribution in [-0.4, -0.2) is 36.3 Å². The highest BCUT2D eigenvalue weighted by Gasteiger charge is 2.41. The molecule has 5 nitrogen and oxygen atoms in total. The maximum Gasteiger partial charge on any atom is 0.200 e. The predicted octanol–water partition coefficient (Wildman–Crippen LogP) is -0.0297. The molecule has 0 aromatic heterocycles. The van der Waals surface area contributed by atoms with Gasteiger partial charge in [0.25, 0.3) is 0 Å². The lowest BCUT2D eigenvalue weighted by Gasteiger charge is -2.36. The molecule has 2 unspecified atom stereocenters. The van der Waals surface area contributed by atoms with Crippen molar-refractivity contribution in [3.05, 3.63) is 0 Å². The number of hydrogen-bond acceptors (Lipinski definition) is 7. The summed E-state index contributed by atoms with van der Waals surface area (Å²) in [5.74, 6) is 0. The fourth-order valence-electron chi connectivity index (χ4n) is 1.13. The highest BCUT2D eigenvalue weighted by atomic mass is 32.1. The van der Waals surface area contributed by atoms with Crippen molar-refractivity contribution in [2.75, 3.05) is 6.61 Å². The van der Waals surface area contributed by atoms with Gasteiger partial charge in [0.1, 0.15) is 12.2 Å². The average Bonchev–Trinajstić information content (AvgIpc) is 2.17. The summed E-state index contributed by atoms with van der Waals surface area (Å²) in [5.41, 5.74) is 0. The van der Waals surface area contributed by atoms with Crippen molar-refractivity contribution in [1.29, 1.82) is 0 Å². The third-order valence-corrected chi connectivity index (χ3v) is 2.55. The number of aliphatic hydroxyl groups is 1. The summed E-state index contributed by atoms with van der Waals surface area (Å²) in [6.45, 7) is 0.109. The minimum atomic E-state index is -0.769. The van der Waals surface area contributed by atoms with Crippen LogP contribution in [0.25, 0.3) is 0 Å². The topological polar surface area (TPSA) is 57.2 Å². The van der Waals surface area contributed by atoms with Crippen LogP contribution in [0.2, 0.25) is 0 Å². The Morgan fingerprint density at radius 2 is 2.00 bits per heavy atom. The van der Waals surface area contributed by atoms with Gasteiger partial charge < -0.3 is 18.6 Å². The van der Waals surface area contributed by atoms with E-state index in [0.29, 0.717) is 0 Å². The molecule has 13 heavy (non-hydrogen) atoms. The minimum absolute atomic E-state index is 0.109. The summed E-state index contributed by atoms with van der Waals surface area (Å²) in [5, 5.41) is 9.43. The Kier molecular flexibility index (Phi) is 5.28. The van der Waals surface area contributed by atoms with Crippen LogP contribution < -0.4 is 0 Å². The smallest absolute Gasteiger partial charge is 0.200 e. The number of rotatable bonds is 3. The van der Waals surface area contributed by atoms with Crippen LogP contribution in [0.1, 0.15) is 0 Å². The quantitative estimate of drug-likeness (QED) is 0.371. The maximum atomic E-state index is 9.43. The van der Waals surface area contributed by atoms with Gasteiger partial charge in [-0.25, -0.2) is 0 Å². The molecular formula is C5H11O5PS2. The van der Waals surface area contributed by atoms with Crippen LogP contribution in [0.15, 0.2) is 0 Å². The Labute approximate surface area is 89.6 Å². The van der Waals surface area contributed by atoms with E-state index >= 15 is 0 Å². The van der Waals surface area contributed by atoms with Crippen LogP contribution in [0, 0.1) is 0 Å². The molecule has 1 N–H and O–H groups in total. The van der Waals surface area contributed by atoms with E-state index in [1.165, 1.54) is 0 Å². The van der Waals surface area contributed by atoms with E-state index in [1.807, 2.05) is 0 Å². The Bertz CT molecular complexity index is 162. The largest absolute Gasteiger partial charge is 0.388 e. The first kappa shape index (κ1) is 12.0. The Morgan fingerprint density at radius 3 is 2.46 bits per heavy atom. The van der Waals surface area contributed by atoms with Gasteiger partial charge in [-0.15, -0.1) is 0 Å². The standard InChI is InChI=1S/C5H11O5PS2/c6-2-1-7-5(10-13)4(9-12)3(2)8-11/h2-6,12-13H,1,11H2/t2-,3-,4+,5?/m1/s1. The molecule has 1 fully saturated rings. The van der Waals surface area contributed by atoms with Crippen LogP contribution >= 0.6 is 35.3 Å². The molecule has 1 aliphatic rings. The normalized spacial score (nSPS) is 40.6. The number of hydrogen-bond donors (Lipinski definition) is 3. The van der Waals surface area contributed by atoms with Crippen LogP contribution in [0.4, 0.5) is 0 Å². The summed E-state index contributed by atoms with van der Waals surface area (Å²) in [6.07, 6.45) is -2.65. The lowest BCUT2D eigenvalue weighted by molar-refractivity contribution is -0.218. The first-order chi connectivity index (χ1) is 6.24. The van der Waals surface area contributed by atoms with Gasteiger partial charge >= 0.3 is 0 Å². The van der Waals surface area contributed by atoms with Crippen molar-refractivity contribution in [2.45, 2.75) is 24.6 Å². The van der Waals surface area contributed by atoms with Gasteiger partial charge in [-0.3, -0.25) is 4.18 Å². The first-order valence-corrected chi connectivity index (χ1v) is 4.70. The Balaban J connectivity index is 2.64. The fourth-order valence-corrected chi connectivity index (χ4v) is 1.86. The minimum Gasteiger partial charge on any atom is -0.388 e. The Hall–Kier alpha value is 0.930. The van der Waals surface area contributed by atoms with Gasteiger partial charge in [0, 0.05) is 9.47 Å². The zero-order valence-corrected chi connectivity index (χ0v) is 9.51. The van der Waals surface area contributed by atoms with Crippen LogP contribution in [0.3, 0.4) is 0 Å². The van der Waals surface area contributed by atoms with E-state index in [0.717, 1.165) is 0 Å². The summed E-state index contributed by atoms with van der Waals surface area (Å²) < 4.78 is 19.4. The van der Waals surface area contributed by atoms with E-state index in [9.17, 15) is 5.11 Å².